The van der Waals surface area contributed by atoms with Crippen molar-refractivity contribution in [2.45, 2.75) is 12.5 Å². The van der Waals surface area contributed by atoms with E-state index in [0.717, 1.165) is 31.1 Å². The number of benzene rings is 2. The van der Waals surface area contributed by atoms with Gasteiger partial charge < -0.3 is 10.2 Å². The van der Waals surface area contributed by atoms with Gasteiger partial charge in [0.05, 0.1) is 5.69 Å². The number of rotatable bonds is 2. The van der Waals surface area contributed by atoms with Crippen LogP contribution in [0.2, 0.25) is 5.02 Å². The lowest BCUT2D eigenvalue weighted by atomic mass is 10.1. The highest BCUT2D eigenvalue weighted by Crippen LogP contribution is 2.28. The molecule has 0 aromatic heterocycles. The number of anilines is 1. The highest BCUT2D eigenvalue weighted by molar-refractivity contribution is 14.1. The van der Waals surface area contributed by atoms with Gasteiger partial charge in [0.15, 0.2) is 0 Å². The summed E-state index contributed by atoms with van der Waals surface area (Å²) >= 11 is 8.45. The summed E-state index contributed by atoms with van der Waals surface area (Å²) in [5.74, 6) is 0. The van der Waals surface area contributed by atoms with Crippen molar-refractivity contribution in [2.24, 2.45) is 0 Å². The Morgan fingerprint density at radius 1 is 1.14 bits per heavy atom. The number of hydrogen-bond acceptors (Lipinski definition) is 2. The molecule has 0 spiro atoms. The maximum atomic E-state index is 6.08. The molecule has 0 saturated carbocycles. The second-order valence-electron chi connectivity index (χ2n) is 5.31. The van der Waals surface area contributed by atoms with Gasteiger partial charge in [-0.05, 0) is 59.3 Å². The lowest BCUT2D eigenvalue weighted by Gasteiger charge is -2.27. The van der Waals surface area contributed by atoms with Gasteiger partial charge in [0, 0.05) is 27.7 Å². The lowest BCUT2D eigenvalue weighted by Crippen LogP contribution is -2.31. The van der Waals surface area contributed by atoms with Crippen LogP contribution in [0.4, 0.5) is 5.69 Å². The van der Waals surface area contributed by atoms with Gasteiger partial charge in [0.1, 0.15) is 0 Å². The Kier molecular flexibility index (Phi) is 5.03. The minimum Gasteiger partial charge on any atom is -0.369 e. The first-order chi connectivity index (χ1) is 10.2. The Hall–Kier alpha value is -0.780. The van der Waals surface area contributed by atoms with Crippen molar-refractivity contribution in [1.82, 2.24) is 5.32 Å². The third-order valence-corrected chi connectivity index (χ3v) is 4.95. The zero-order valence-electron chi connectivity index (χ0n) is 11.7. The standard InChI is InChI=1S/C17H18ClIN2/c18-14-7-8-17(15(19)11-14)21-10-4-9-20-16(12-21)13-5-2-1-3-6-13/h1-3,5-8,11,16,20H,4,9-10,12H2. The Labute approximate surface area is 144 Å². The molecule has 21 heavy (non-hydrogen) atoms. The Bertz CT molecular complexity index is 603. The SMILES string of the molecule is Clc1ccc(N2CCCNC(c3ccccc3)C2)c(I)c1. The third-order valence-electron chi connectivity index (χ3n) is 3.85. The number of hydrogen-bond donors (Lipinski definition) is 1. The van der Waals surface area contributed by atoms with Gasteiger partial charge in [0.2, 0.25) is 0 Å². The first kappa shape index (κ1) is 15.1. The summed E-state index contributed by atoms with van der Waals surface area (Å²) in [5, 5.41) is 4.46. The van der Waals surface area contributed by atoms with E-state index in [1.807, 2.05) is 12.1 Å². The number of nitrogens with zero attached hydrogens (tertiary/aromatic N) is 1. The summed E-state index contributed by atoms with van der Waals surface area (Å²) in [6.07, 6.45) is 1.15. The minimum absolute atomic E-state index is 0.375. The van der Waals surface area contributed by atoms with Crippen LogP contribution in [0, 0.1) is 3.57 Å². The van der Waals surface area contributed by atoms with Crippen molar-refractivity contribution in [3.05, 3.63) is 62.7 Å². The van der Waals surface area contributed by atoms with Crippen LogP contribution in [0.3, 0.4) is 0 Å². The third kappa shape index (κ3) is 3.71. The normalized spacial score (nSPS) is 19.3. The molecule has 1 N–H and O–H groups in total. The zero-order valence-corrected chi connectivity index (χ0v) is 14.6. The van der Waals surface area contributed by atoms with E-state index in [-0.39, 0.29) is 0 Å². The molecular weight excluding hydrogens is 395 g/mol. The summed E-state index contributed by atoms with van der Waals surface area (Å²) in [4.78, 5) is 2.47. The van der Waals surface area contributed by atoms with Crippen molar-refractivity contribution >= 4 is 39.9 Å². The maximum absolute atomic E-state index is 6.08. The van der Waals surface area contributed by atoms with Gasteiger partial charge in [0.25, 0.3) is 0 Å². The van der Waals surface area contributed by atoms with Gasteiger partial charge in [-0.2, -0.15) is 0 Å². The van der Waals surface area contributed by atoms with E-state index >= 15 is 0 Å². The molecule has 1 aliphatic heterocycles. The molecule has 1 unspecified atom stereocenters. The first-order valence-corrected chi connectivity index (χ1v) is 8.68. The number of nitrogens with one attached hydrogen (secondary N) is 1. The van der Waals surface area contributed by atoms with Gasteiger partial charge in [-0.15, -0.1) is 0 Å². The first-order valence-electron chi connectivity index (χ1n) is 7.22. The summed E-state index contributed by atoms with van der Waals surface area (Å²) < 4.78 is 1.22. The predicted octanol–water partition coefficient (Wildman–Crippen LogP) is 4.49. The fourth-order valence-corrected chi connectivity index (χ4v) is 4.00. The van der Waals surface area contributed by atoms with Crippen LogP contribution < -0.4 is 10.2 Å². The van der Waals surface area contributed by atoms with Gasteiger partial charge in [-0.25, -0.2) is 0 Å². The molecule has 110 valence electrons. The second kappa shape index (κ2) is 6.99. The van der Waals surface area contributed by atoms with Gasteiger partial charge >= 0.3 is 0 Å². The van der Waals surface area contributed by atoms with Gasteiger partial charge in [-0.3, -0.25) is 0 Å². The Balaban J connectivity index is 1.85. The van der Waals surface area contributed by atoms with Crippen molar-refractivity contribution in [3.63, 3.8) is 0 Å². The van der Waals surface area contributed by atoms with Gasteiger partial charge in [-0.1, -0.05) is 41.9 Å². The Morgan fingerprint density at radius 3 is 2.71 bits per heavy atom. The van der Waals surface area contributed by atoms with E-state index < -0.39 is 0 Å². The highest BCUT2D eigenvalue weighted by Gasteiger charge is 2.20. The van der Waals surface area contributed by atoms with E-state index in [0.29, 0.717) is 6.04 Å². The van der Waals surface area contributed by atoms with Crippen LogP contribution in [0.1, 0.15) is 18.0 Å². The lowest BCUT2D eigenvalue weighted by molar-refractivity contribution is 0.570. The molecule has 1 fully saturated rings. The van der Waals surface area contributed by atoms with Crippen LogP contribution in [0.25, 0.3) is 0 Å². The molecule has 0 amide bonds. The summed E-state index contributed by atoms with van der Waals surface area (Å²) in [6.45, 7) is 3.12. The molecule has 1 heterocycles. The largest absolute Gasteiger partial charge is 0.369 e. The summed E-state index contributed by atoms with van der Waals surface area (Å²) in [5.41, 5.74) is 2.64. The average Bonchev–Trinajstić information content (AvgIpc) is 2.74. The molecular formula is C17H18ClIN2. The van der Waals surface area contributed by atoms with E-state index in [1.54, 1.807) is 0 Å². The molecule has 2 aromatic rings. The number of halogens is 2. The van der Waals surface area contributed by atoms with Crippen LogP contribution >= 0.6 is 34.2 Å². The smallest absolute Gasteiger partial charge is 0.0503 e. The van der Waals surface area contributed by atoms with E-state index in [4.69, 9.17) is 11.6 Å². The molecule has 2 nitrogen and oxygen atoms in total. The molecule has 0 aliphatic carbocycles. The van der Waals surface area contributed by atoms with Crippen molar-refractivity contribution in [1.29, 1.82) is 0 Å². The van der Waals surface area contributed by atoms with E-state index in [9.17, 15) is 0 Å². The average molecular weight is 413 g/mol. The van der Waals surface area contributed by atoms with Crippen LogP contribution in [-0.4, -0.2) is 19.6 Å². The molecule has 2 aromatic carbocycles. The quantitative estimate of drug-likeness (QED) is 0.731. The molecule has 3 rings (SSSR count). The topological polar surface area (TPSA) is 15.3 Å². The van der Waals surface area contributed by atoms with Crippen molar-refractivity contribution in [3.8, 4) is 0 Å². The van der Waals surface area contributed by atoms with E-state index in [1.165, 1.54) is 14.8 Å². The molecule has 0 bridgehead atoms. The fourth-order valence-electron chi connectivity index (χ4n) is 2.79. The molecule has 0 radical (unpaired) electrons. The van der Waals surface area contributed by atoms with E-state index in [2.05, 4.69) is 69.2 Å². The van der Waals surface area contributed by atoms with Crippen molar-refractivity contribution < 1.29 is 0 Å². The van der Waals surface area contributed by atoms with Crippen molar-refractivity contribution in [2.75, 3.05) is 24.5 Å². The summed E-state index contributed by atoms with van der Waals surface area (Å²) in [6, 6.07) is 17.2. The molecule has 1 atom stereocenters. The molecule has 1 saturated heterocycles. The zero-order chi connectivity index (χ0) is 14.7. The molecule has 4 heteroatoms. The van der Waals surface area contributed by atoms with Crippen LogP contribution in [-0.2, 0) is 0 Å². The Morgan fingerprint density at radius 2 is 1.95 bits per heavy atom. The second-order valence-corrected chi connectivity index (χ2v) is 6.91. The highest BCUT2D eigenvalue weighted by atomic mass is 127. The monoisotopic (exact) mass is 412 g/mol. The van der Waals surface area contributed by atoms with Crippen LogP contribution in [0.5, 0.6) is 0 Å². The molecule has 1 aliphatic rings. The summed E-state index contributed by atoms with van der Waals surface area (Å²) in [7, 11) is 0. The van der Waals surface area contributed by atoms with Crippen LogP contribution in [0.15, 0.2) is 48.5 Å². The maximum Gasteiger partial charge on any atom is 0.0503 e. The fraction of sp³-hybridized carbons (Fsp3) is 0.294. The minimum atomic E-state index is 0.375. The predicted molar refractivity (Wildman–Crippen MR) is 98.2 cm³/mol.